The van der Waals surface area contributed by atoms with Crippen molar-refractivity contribution in [1.82, 2.24) is 9.80 Å². The summed E-state index contributed by atoms with van der Waals surface area (Å²) in [7, 11) is 0. The Morgan fingerprint density at radius 3 is 1.11 bits per heavy atom. The van der Waals surface area contributed by atoms with Gasteiger partial charge in [0.25, 0.3) is 11.8 Å². The van der Waals surface area contributed by atoms with Crippen molar-refractivity contribution in [2.24, 2.45) is 0 Å². The van der Waals surface area contributed by atoms with E-state index in [1.54, 1.807) is 70.5 Å². The summed E-state index contributed by atoms with van der Waals surface area (Å²) in [4.78, 5) is 29.1. The SMILES string of the molecule is O=C(N1CCN(c2ccccc2)CC1)C(F)(F)C(F)(F)C(F)(F)C(=O)N1CCN(c2ccccc2)CC1. The zero-order valence-corrected chi connectivity index (χ0v) is 19.8. The van der Waals surface area contributed by atoms with Crippen LogP contribution in [0.15, 0.2) is 60.7 Å². The highest BCUT2D eigenvalue weighted by Gasteiger charge is 2.78. The smallest absolute Gasteiger partial charge is 0.368 e. The van der Waals surface area contributed by atoms with Gasteiger partial charge in [-0.25, -0.2) is 0 Å². The van der Waals surface area contributed by atoms with Crippen molar-refractivity contribution in [3.8, 4) is 0 Å². The number of hydrogen-bond acceptors (Lipinski definition) is 4. The van der Waals surface area contributed by atoms with Crippen LogP contribution in [0, 0.1) is 0 Å². The van der Waals surface area contributed by atoms with Crippen LogP contribution in [0.1, 0.15) is 0 Å². The molecule has 2 fully saturated rings. The molecule has 0 saturated carbocycles. The number of rotatable bonds is 6. The standard InChI is InChI=1S/C25H26F6N4O2/c26-23(27,21(36)34-15-11-32(12-16-34)19-7-3-1-4-8-19)25(30,31)24(28,29)22(37)35-17-13-33(14-18-35)20-9-5-2-6-10-20/h1-10H,11-18H2. The molecule has 0 unspecified atom stereocenters. The molecule has 2 heterocycles. The minimum atomic E-state index is -6.22. The van der Waals surface area contributed by atoms with E-state index >= 15 is 0 Å². The summed E-state index contributed by atoms with van der Waals surface area (Å²) in [6, 6.07) is 17.6. The molecule has 0 N–H and O–H groups in total. The Morgan fingerprint density at radius 2 is 0.811 bits per heavy atom. The van der Waals surface area contributed by atoms with Gasteiger partial charge in [-0.15, -0.1) is 0 Å². The minimum Gasteiger partial charge on any atom is -0.368 e. The normalized spacial score (nSPS) is 17.7. The van der Waals surface area contributed by atoms with Gasteiger partial charge in [0.05, 0.1) is 0 Å². The molecule has 2 amide bonds. The number of carbonyl (C=O) groups is 2. The van der Waals surface area contributed by atoms with Gasteiger partial charge < -0.3 is 19.6 Å². The molecule has 0 aromatic heterocycles. The molecule has 0 aliphatic carbocycles. The fraction of sp³-hybridized carbons (Fsp3) is 0.440. The Labute approximate surface area is 210 Å². The van der Waals surface area contributed by atoms with Crippen molar-refractivity contribution < 1.29 is 35.9 Å². The highest BCUT2D eigenvalue weighted by molar-refractivity contribution is 5.90. The molecule has 2 aromatic carbocycles. The zero-order chi connectivity index (χ0) is 26.8. The molecule has 4 rings (SSSR count). The van der Waals surface area contributed by atoms with Crippen LogP contribution in [0.2, 0.25) is 0 Å². The van der Waals surface area contributed by atoms with Crippen LogP contribution in [0.4, 0.5) is 37.7 Å². The van der Waals surface area contributed by atoms with E-state index in [2.05, 4.69) is 0 Å². The van der Waals surface area contributed by atoms with Gasteiger partial charge in [-0.2, -0.15) is 26.3 Å². The lowest BCUT2D eigenvalue weighted by Crippen LogP contribution is -2.67. The van der Waals surface area contributed by atoms with E-state index < -0.39 is 29.6 Å². The fourth-order valence-corrected chi connectivity index (χ4v) is 4.48. The highest BCUT2D eigenvalue weighted by atomic mass is 19.3. The summed E-state index contributed by atoms with van der Waals surface area (Å²) in [5.41, 5.74) is 1.49. The molecule has 2 aromatic rings. The van der Waals surface area contributed by atoms with Crippen LogP contribution in [-0.2, 0) is 9.59 Å². The molecule has 0 radical (unpaired) electrons. The number of hydrogen-bond donors (Lipinski definition) is 0. The van der Waals surface area contributed by atoms with E-state index in [1.807, 2.05) is 0 Å². The lowest BCUT2D eigenvalue weighted by molar-refractivity contribution is -0.293. The number of para-hydroxylation sites is 2. The Kier molecular flexibility index (Phi) is 7.29. The number of amides is 2. The first-order valence-electron chi connectivity index (χ1n) is 11.8. The highest BCUT2D eigenvalue weighted by Crippen LogP contribution is 2.47. The molecule has 0 bridgehead atoms. The zero-order valence-electron chi connectivity index (χ0n) is 19.8. The predicted molar refractivity (Wildman–Crippen MR) is 125 cm³/mol. The Bertz CT molecular complexity index is 1000. The Morgan fingerprint density at radius 1 is 0.514 bits per heavy atom. The van der Waals surface area contributed by atoms with Crippen LogP contribution in [0.3, 0.4) is 0 Å². The second-order valence-corrected chi connectivity index (χ2v) is 8.95. The lowest BCUT2D eigenvalue weighted by Gasteiger charge is -2.41. The number of anilines is 2. The molecule has 0 atom stereocenters. The van der Waals surface area contributed by atoms with E-state index in [1.165, 1.54) is 0 Å². The number of alkyl halides is 6. The van der Waals surface area contributed by atoms with Crippen LogP contribution in [0.25, 0.3) is 0 Å². The van der Waals surface area contributed by atoms with Gasteiger partial charge in [0.1, 0.15) is 0 Å². The molecule has 200 valence electrons. The molecular formula is C25H26F6N4O2. The molecular weight excluding hydrogens is 502 g/mol. The van der Waals surface area contributed by atoms with E-state index in [0.717, 1.165) is 11.4 Å². The third-order valence-corrected chi connectivity index (χ3v) is 6.70. The van der Waals surface area contributed by atoms with Crippen molar-refractivity contribution in [3.05, 3.63) is 60.7 Å². The van der Waals surface area contributed by atoms with E-state index in [0.29, 0.717) is 9.80 Å². The van der Waals surface area contributed by atoms with Crippen molar-refractivity contribution >= 4 is 23.2 Å². The van der Waals surface area contributed by atoms with Gasteiger partial charge in [-0.05, 0) is 24.3 Å². The Balaban J connectivity index is 1.41. The largest absolute Gasteiger partial charge is 0.393 e. The molecule has 2 saturated heterocycles. The Hall–Kier alpha value is -3.44. The summed E-state index contributed by atoms with van der Waals surface area (Å²) >= 11 is 0. The molecule has 12 heteroatoms. The van der Waals surface area contributed by atoms with Crippen LogP contribution < -0.4 is 9.80 Å². The van der Waals surface area contributed by atoms with Crippen molar-refractivity contribution in [1.29, 1.82) is 0 Å². The van der Waals surface area contributed by atoms with Gasteiger partial charge in [0.15, 0.2) is 0 Å². The molecule has 2 aliphatic rings. The average Bonchev–Trinajstić information content (AvgIpc) is 2.93. The first-order valence-corrected chi connectivity index (χ1v) is 11.8. The van der Waals surface area contributed by atoms with E-state index in [-0.39, 0.29) is 52.4 Å². The molecule has 2 aliphatic heterocycles. The quantitative estimate of drug-likeness (QED) is 0.538. The summed E-state index contributed by atoms with van der Waals surface area (Å²) in [6.45, 7) is -1.23. The fourth-order valence-electron chi connectivity index (χ4n) is 4.48. The van der Waals surface area contributed by atoms with Crippen molar-refractivity contribution in [2.45, 2.75) is 17.8 Å². The maximum atomic E-state index is 14.7. The number of carbonyl (C=O) groups excluding carboxylic acids is 2. The average molecular weight is 528 g/mol. The first kappa shape index (κ1) is 26.6. The van der Waals surface area contributed by atoms with Crippen LogP contribution in [-0.4, -0.2) is 91.7 Å². The van der Waals surface area contributed by atoms with E-state index in [4.69, 9.17) is 0 Å². The van der Waals surface area contributed by atoms with Crippen LogP contribution >= 0.6 is 0 Å². The predicted octanol–water partition coefficient (Wildman–Crippen LogP) is 3.59. The van der Waals surface area contributed by atoms with Gasteiger partial charge >= 0.3 is 17.8 Å². The first-order chi connectivity index (χ1) is 17.5. The number of piperazine rings is 2. The van der Waals surface area contributed by atoms with Gasteiger partial charge in [-0.3, -0.25) is 9.59 Å². The van der Waals surface area contributed by atoms with Gasteiger partial charge in [0, 0.05) is 63.7 Å². The maximum Gasteiger partial charge on any atom is 0.393 e. The summed E-state index contributed by atoms with van der Waals surface area (Å²) in [5.74, 6) is -22.6. The molecule has 6 nitrogen and oxygen atoms in total. The maximum absolute atomic E-state index is 14.7. The minimum absolute atomic E-state index is 0.0540. The number of benzene rings is 2. The third kappa shape index (κ3) is 4.93. The molecule has 37 heavy (non-hydrogen) atoms. The summed E-state index contributed by atoms with van der Waals surface area (Å²) in [5, 5.41) is 0. The number of halogens is 6. The van der Waals surface area contributed by atoms with E-state index in [9.17, 15) is 35.9 Å². The lowest BCUT2D eigenvalue weighted by atomic mass is 10.0. The second kappa shape index (κ2) is 10.1. The van der Waals surface area contributed by atoms with Gasteiger partial charge in [0.2, 0.25) is 0 Å². The van der Waals surface area contributed by atoms with Crippen molar-refractivity contribution in [3.63, 3.8) is 0 Å². The monoisotopic (exact) mass is 528 g/mol. The topological polar surface area (TPSA) is 47.1 Å². The molecule has 0 spiro atoms. The van der Waals surface area contributed by atoms with Gasteiger partial charge in [-0.1, -0.05) is 36.4 Å². The summed E-state index contributed by atoms with van der Waals surface area (Å²) in [6.07, 6.45) is 0. The number of nitrogens with zero attached hydrogens (tertiary/aromatic N) is 4. The van der Waals surface area contributed by atoms with Crippen molar-refractivity contribution in [2.75, 3.05) is 62.2 Å². The second-order valence-electron chi connectivity index (χ2n) is 8.95. The summed E-state index contributed by atoms with van der Waals surface area (Å²) < 4.78 is 88.1. The van der Waals surface area contributed by atoms with Crippen LogP contribution in [0.5, 0.6) is 0 Å². The third-order valence-electron chi connectivity index (χ3n) is 6.70.